The van der Waals surface area contributed by atoms with E-state index in [4.69, 9.17) is 4.98 Å². The van der Waals surface area contributed by atoms with Gasteiger partial charge >= 0.3 is 0 Å². The van der Waals surface area contributed by atoms with Crippen LogP contribution in [0.3, 0.4) is 0 Å². The molecule has 0 spiro atoms. The molecule has 0 amide bonds. The number of hydrogen-bond donors (Lipinski definition) is 1. The number of hydrogen-bond acceptors (Lipinski definition) is 4. The maximum atomic E-state index is 15.1. The molecule has 0 fully saturated rings. The summed E-state index contributed by atoms with van der Waals surface area (Å²) in [6, 6.07) is 58.1. The van der Waals surface area contributed by atoms with Crippen LogP contribution in [0.1, 0.15) is 4.88 Å². The Labute approximate surface area is 301 Å². The van der Waals surface area contributed by atoms with Gasteiger partial charge in [0.05, 0.1) is 5.69 Å². The maximum absolute atomic E-state index is 15.1. The second kappa shape index (κ2) is 12.8. The molecule has 51 heavy (non-hydrogen) atoms. The van der Waals surface area contributed by atoms with Crippen LogP contribution in [0.2, 0.25) is 0 Å². The molecule has 0 aliphatic heterocycles. The average molecular weight is 693 g/mol. The van der Waals surface area contributed by atoms with Crippen LogP contribution in [0.25, 0.3) is 53.9 Å². The highest BCUT2D eigenvalue weighted by Crippen LogP contribution is 2.46. The fraction of sp³-hybridized carbons (Fsp3) is 0.0217. The second-order valence-corrected chi connectivity index (χ2v) is 16.8. The maximum Gasteiger partial charge on any atom is 0.171 e. The van der Waals surface area contributed by atoms with Gasteiger partial charge in [-0.1, -0.05) is 152 Å². The summed E-state index contributed by atoms with van der Waals surface area (Å²) in [4.78, 5) is 6.16. The first-order valence-electron chi connectivity index (χ1n) is 17.1. The van der Waals surface area contributed by atoms with Crippen LogP contribution in [0.15, 0.2) is 176 Å². The lowest BCUT2D eigenvalue weighted by Gasteiger charge is -2.21. The summed E-state index contributed by atoms with van der Waals surface area (Å²) in [7, 11) is -3.08. The molecule has 2 aromatic heterocycles. The van der Waals surface area contributed by atoms with E-state index in [1.54, 1.807) is 11.3 Å². The Hall–Kier alpha value is -5.80. The number of anilines is 2. The summed E-state index contributed by atoms with van der Waals surface area (Å²) in [6.07, 6.45) is 1.99. The monoisotopic (exact) mass is 692 g/mol. The highest BCUT2D eigenvalue weighted by atomic mass is 32.1. The molecule has 0 unspecified atom stereocenters. The number of rotatable bonds is 7. The van der Waals surface area contributed by atoms with E-state index >= 15 is 4.57 Å². The predicted molar refractivity (Wildman–Crippen MR) is 219 cm³/mol. The van der Waals surface area contributed by atoms with Crippen LogP contribution in [0.4, 0.5) is 11.5 Å². The number of aromatic nitrogens is 1. The lowest BCUT2D eigenvalue weighted by molar-refractivity contribution is 0.592. The van der Waals surface area contributed by atoms with Crippen LogP contribution in [-0.2, 0) is 4.57 Å². The zero-order valence-electron chi connectivity index (χ0n) is 28.0. The molecule has 9 rings (SSSR count). The third-order valence-corrected chi connectivity index (χ3v) is 13.9. The van der Waals surface area contributed by atoms with Crippen molar-refractivity contribution in [2.45, 2.75) is 6.92 Å². The minimum absolute atomic E-state index is 0.819. The molecule has 1 N–H and O–H groups in total. The number of aryl methyl sites for hydroxylation is 1. The van der Waals surface area contributed by atoms with Gasteiger partial charge in [-0.3, -0.25) is 0 Å². The topological polar surface area (TPSA) is 42.0 Å². The van der Waals surface area contributed by atoms with E-state index in [-0.39, 0.29) is 0 Å². The molecule has 0 saturated heterocycles. The van der Waals surface area contributed by atoms with E-state index in [0.29, 0.717) is 0 Å². The summed E-state index contributed by atoms with van der Waals surface area (Å²) in [5, 5.41) is 11.9. The first kappa shape index (κ1) is 31.2. The molecular weight excluding hydrogens is 660 g/mol. The fourth-order valence-corrected chi connectivity index (χ4v) is 11.0. The molecule has 7 aromatic carbocycles. The zero-order valence-corrected chi connectivity index (χ0v) is 29.7. The molecule has 0 aliphatic carbocycles. The van der Waals surface area contributed by atoms with Gasteiger partial charge in [0, 0.05) is 42.6 Å². The van der Waals surface area contributed by atoms with Crippen molar-refractivity contribution in [3.8, 4) is 22.3 Å². The van der Waals surface area contributed by atoms with Gasteiger partial charge in [0.15, 0.2) is 7.14 Å². The van der Waals surface area contributed by atoms with Gasteiger partial charge in [-0.2, -0.15) is 0 Å². The first-order valence-corrected chi connectivity index (χ1v) is 19.6. The summed E-state index contributed by atoms with van der Waals surface area (Å²) in [6.45, 7) is 2.15. The van der Waals surface area contributed by atoms with Gasteiger partial charge in [-0.25, -0.2) is 4.98 Å². The third-order valence-electron chi connectivity index (χ3n) is 9.77. The number of nitrogens with zero attached hydrogens (tertiary/aromatic N) is 1. The summed E-state index contributed by atoms with van der Waals surface area (Å²) in [5.41, 5.74) is 5.59. The molecule has 0 bridgehead atoms. The summed E-state index contributed by atoms with van der Waals surface area (Å²) < 4.78 is 16.3. The number of fused-ring (bicyclic) bond motifs is 3. The van der Waals surface area contributed by atoms with E-state index in [1.165, 1.54) is 15.0 Å². The molecule has 3 nitrogen and oxygen atoms in total. The van der Waals surface area contributed by atoms with Crippen molar-refractivity contribution in [2.75, 3.05) is 5.32 Å². The lowest BCUT2D eigenvalue weighted by atomic mass is 9.86. The Morgan fingerprint density at radius 1 is 0.490 bits per heavy atom. The summed E-state index contributed by atoms with van der Waals surface area (Å²) in [5.74, 6) is 0.819. The summed E-state index contributed by atoms with van der Waals surface area (Å²) >= 11 is 1.80. The Balaban J connectivity index is 1.15. The lowest BCUT2D eigenvalue weighted by Crippen LogP contribution is -2.24. The van der Waals surface area contributed by atoms with Crippen LogP contribution in [0, 0.1) is 6.92 Å². The van der Waals surface area contributed by atoms with Crippen LogP contribution < -0.4 is 21.2 Å². The first-order chi connectivity index (χ1) is 25.1. The standard InChI is InChI=1S/C46H33N2OPS/c1-31-46(41-22-12-13-23-42(41)51-31)48-43-29-26-33(30-47-43)45-39-20-10-8-18-37(39)44(38-19-9-11-21-40(38)45)32-24-27-36(28-25-32)50(49,34-14-4-2-5-15-34)35-16-6-3-7-17-35/h2-30H,1H3,(H,47,48). The van der Waals surface area contributed by atoms with Gasteiger partial charge in [0.2, 0.25) is 0 Å². The molecule has 0 saturated carbocycles. The number of nitrogens with one attached hydrogen (secondary N) is 1. The quantitative estimate of drug-likeness (QED) is 0.134. The number of benzene rings is 7. The van der Waals surface area contributed by atoms with E-state index in [9.17, 15) is 0 Å². The highest BCUT2D eigenvalue weighted by molar-refractivity contribution is 7.85. The molecule has 0 radical (unpaired) electrons. The average Bonchev–Trinajstić information content (AvgIpc) is 3.51. The number of thiophene rings is 1. The van der Waals surface area contributed by atoms with Crippen molar-refractivity contribution in [3.63, 3.8) is 0 Å². The Bertz CT molecular complexity index is 2640. The SMILES string of the molecule is Cc1sc2ccccc2c1Nc1ccc(-c2c3ccccc3c(-c3ccc(P(=O)(c4ccccc4)c4ccccc4)cc3)c3ccccc23)cn1. The molecule has 0 atom stereocenters. The molecule has 0 aliphatic rings. The fourth-order valence-electron chi connectivity index (χ4n) is 7.38. The van der Waals surface area contributed by atoms with Crippen molar-refractivity contribution in [3.05, 3.63) is 181 Å². The molecular formula is C46H33N2OPS. The van der Waals surface area contributed by atoms with Crippen molar-refractivity contribution in [1.82, 2.24) is 4.98 Å². The van der Waals surface area contributed by atoms with E-state index < -0.39 is 7.14 Å². The second-order valence-electron chi connectivity index (χ2n) is 12.8. The molecule has 9 aromatic rings. The van der Waals surface area contributed by atoms with Gasteiger partial charge < -0.3 is 9.88 Å². The van der Waals surface area contributed by atoms with Crippen LogP contribution >= 0.6 is 18.5 Å². The van der Waals surface area contributed by atoms with Crippen molar-refractivity contribution >= 4 is 77.5 Å². The Morgan fingerprint density at radius 2 is 0.941 bits per heavy atom. The van der Waals surface area contributed by atoms with E-state index in [2.05, 4.69) is 121 Å². The van der Waals surface area contributed by atoms with Crippen molar-refractivity contribution in [1.29, 1.82) is 0 Å². The number of pyridine rings is 1. The van der Waals surface area contributed by atoms with Crippen LogP contribution in [0.5, 0.6) is 0 Å². The normalized spacial score (nSPS) is 11.7. The molecule has 5 heteroatoms. The van der Waals surface area contributed by atoms with E-state index in [1.807, 2.05) is 66.9 Å². The van der Waals surface area contributed by atoms with Crippen molar-refractivity contribution in [2.24, 2.45) is 0 Å². The van der Waals surface area contributed by atoms with E-state index in [0.717, 1.165) is 71.2 Å². The third kappa shape index (κ3) is 5.36. The smallest absolute Gasteiger partial charge is 0.171 e. The molecule has 2 heterocycles. The minimum Gasteiger partial charge on any atom is -0.339 e. The highest BCUT2D eigenvalue weighted by Gasteiger charge is 2.29. The molecule has 244 valence electrons. The Morgan fingerprint density at radius 3 is 1.47 bits per heavy atom. The van der Waals surface area contributed by atoms with Gasteiger partial charge in [0.1, 0.15) is 5.82 Å². The predicted octanol–water partition coefficient (Wildman–Crippen LogP) is 11.6. The Kier molecular flexibility index (Phi) is 7.85. The van der Waals surface area contributed by atoms with Gasteiger partial charge in [-0.15, -0.1) is 11.3 Å². The minimum atomic E-state index is -3.08. The van der Waals surface area contributed by atoms with Gasteiger partial charge in [-0.05, 0) is 63.4 Å². The van der Waals surface area contributed by atoms with Gasteiger partial charge in [0.25, 0.3) is 0 Å². The van der Waals surface area contributed by atoms with Crippen LogP contribution in [-0.4, -0.2) is 4.98 Å². The largest absolute Gasteiger partial charge is 0.339 e. The zero-order chi connectivity index (χ0) is 34.4. The van der Waals surface area contributed by atoms with Crippen molar-refractivity contribution < 1.29 is 4.57 Å².